The summed E-state index contributed by atoms with van der Waals surface area (Å²) in [5, 5.41) is 9.14. The third kappa shape index (κ3) is 7.12. The van der Waals surface area contributed by atoms with Gasteiger partial charge in [0.2, 0.25) is 0 Å². The van der Waals surface area contributed by atoms with Gasteiger partial charge in [0.1, 0.15) is 0 Å². The van der Waals surface area contributed by atoms with E-state index in [1.807, 2.05) is 48.3 Å². The molecule has 0 radical (unpaired) electrons. The standard InChI is InChI=1S/C38H34N5O/c1-42(24-25-44)34-16-12-29(13-17-34)8-9-30-18-22-43(23-19-30)28-31-10-14-32(15-11-31)33-26-37(35-6-2-4-20-39-35)41-38(27-33)36-7-3-5-21-40-36/h2-23,26-27,44H,24-25,28H2,1H3/q+1. The van der Waals surface area contributed by atoms with E-state index in [9.17, 15) is 0 Å². The third-order valence-corrected chi connectivity index (χ3v) is 7.49. The number of hydrogen-bond donors (Lipinski definition) is 1. The summed E-state index contributed by atoms with van der Waals surface area (Å²) < 4.78 is 2.18. The molecule has 1 N–H and O–H groups in total. The quantitative estimate of drug-likeness (QED) is 0.182. The molecule has 0 saturated carbocycles. The van der Waals surface area contributed by atoms with E-state index in [2.05, 4.69) is 112 Å². The number of aliphatic hydroxyl groups excluding tert-OH is 1. The Morgan fingerprint density at radius 2 is 1.25 bits per heavy atom. The summed E-state index contributed by atoms with van der Waals surface area (Å²) in [6.45, 7) is 1.54. The van der Waals surface area contributed by atoms with Crippen molar-refractivity contribution in [2.24, 2.45) is 0 Å². The molecule has 4 aromatic heterocycles. The molecule has 0 unspecified atom stereocenters. The lowest BCUT2D eigenvalue weighted by atomic mass is 10.0. The molecule has 0 aliphatic rings. The van der Waals surface area contributed by atoms with Gasteiger partial charge in [-0.1, -0.05) is 60.7 Å². The van der Waals surface area contributed by atoms with Gasteiger partial charge in [0, 0.05) is 49.4 Å². The van der Waals surface area contributed by atoms with Crippen molar-refractivity contribution in [3.63, 3.8) is 0 Å². The number of rotatable bonds is 10. The molecule has 2 aromatic carbocycles. The number of anilines is 1. The molecule has 4 heterocycles. The smallest absolute Gasteiger partial charge is 0.173 e. The minimum atomic E-state index is 0.144. The van der Waals surface area contributed by atoms with Crippen LogP contribution in [-0.2, 0) is 6.54 Å². The van der Waals surface area contributed by atoms with E-state index >= 15 is 0 Å². The summed E-state index contributed by atoms with van der Waals surface area (Å²) in [5.74, 6) is 0. The lowest BCUT2D eigenvalue weighted by Gasteiger charge is -2.17. The fourth-order valence-corrected chi connectivity index (χ4v) is 5.00. The van der Waals surface area contributed by atoms with Gasteiger partial charge in [0.05, 0.1) is 29.4 Å². The highest BCUT2D eigenvalue weighted by Gasteiger charge is 2.11. The van der Waals surface area contributed by atoms with E-state index in [0.717, 1.165) is 57.3 Å². The second-order valence-corrected chi connectivity index (χ2v) is 10.6. The topological polar surface area (TPSA) is 66.0 Å². The van der Waals surface area contributed by atoms with Gasteiger partial charge in [0.15, 0.2) is 18.9 Å². The molecule has 0 atom stereocenters. The largest absolute Gasteiger partial charge is 0.395 e. The first kappa shape index (κ1) is 28.6. The summed E-state index contributed by atoms with van der Waals surface area (Å²) in [4.78, 5) is 16.0. The highest BCUT2D eigenvalue weighted by atomic mass is 16.3. The molecular weight excluding hydrogens is 542 g/mol. The highest BCUT2D eigenvalue weighted by Crippen LogP contribution is 2.29. The third-order valence-electron chi connectivity index (χ3n) is 7.49. The van der Waals surface area contributed by atoms with Gasteiger partial charge < -0.3 is 10.0 Å². The van der Waals surface area contributed by atoms with Crippen LogP contribution in [0.5, 0.6) is 0 Å². The Hall–Kier alpha value is -5.46. The van der Waals surface area contributed by atoms with Crippen LogP contribution in [0.25, 0.3) is 46.1 Å². The van der Waals surface area contributed by atoms with Crippen molar-refractivity contribution >= 4 is 17.8 Å². The molecule has 6 rings (SSSR count). The highest BCUT2D eigenvalue weighted by molar-refractivity contribution is 5.75. The van der Waals surface area contributed by atoms with Gasteiger partial charge in [0.25, 0.3) is 0 Å². The molecule has 6 nitrogen and oxygen atoms in total. The predicted molar refractivity (Wildman–Crippen MR) is 178 cm³/mol. The summed E-state index contributed by atoms with van der Waals surface area (Å²) in [6, 6.07) is 37.2. The van der Waals surface area contributed by atoms with Crippen LogP contribution in [0.1, 0.15) is 16.7 Å². The van der Waals surface area contributed by atoms with Gasteiger partial charge in [-0.25, -0.2) is 9.55 Å². The Morgan fingerprint density at radius 3 is 1.80 bits per heavy atom. The van der Waals surface area contributed by atoms with Crippen molar-refractivity contribution in [1.82, 2.24) is 15.0 Å². The van der Waals surface area contributed by atoms with Crippen molar-refractivity contribution < 1.29 is 9.67 Å². The SMILES string of the molecule is CN(CCO)c1ccc(/C=C/c2cc[n+](Cc3ccc(-c4cc(-c5ccccn5)nc(-c5ccccn5)c4)cc3)cc2)cc1. The van der Waals surface area contributed by atoms with Crippen LogP contribution < -0.4 is 9.47 Å². The summed E-state index contributed by atoms with van der Waals surface area (Å²) in [7, 11) is 1.98. The number of likely N-dealkylation sites (N-methyl/N-ethyl adjacent to an activating group) is 1. The molecule has 6 aromatic rings. The van der Waals surface area contributed by atoms with E-state index in [0.29, 0.717) is 6.54 Å². The van der Waals surface area contributed by atoms with Gasteiger partial charge in [-0.3, -0.25) is 9.97 Å². The number of benzene rings is 2. The molecule has 0 amide bonds. The Balaban J connectivity index is 1.15. The number of aromatic nitrogens is 4. The van der Waals surface area contributed by atoms with Gasteiger partial charge >= 0.3 is 0 Å². The van der Waals surface area contributed by atoms with Crippen LogP contribution in [-0.4, -0.2) is 40.3 Å². The zero-order chi connectivity index (χ0) is 30.1. The Labute approximate surface area is 258 Å². The van der Waals surface area contributed by atoms with E-state index in [1.165, 1.54) is 5.56 Å². The van der Waals surface area contributed by atoms with Crippen molar-refractivity contribution in [3.8, 4) is 33.9 Å². The monoisotopic (exact) mass is 576 g/mol. The molecule has 44 heavy (non-hydrogen) atoms. The molecule has 0 bridgehead atoms. The molecule has 0 saturated heterocycles. The zero-order valence-electron chi connectivity index (χ0n) is 24.7. The van der Waals surface area contributed by atoms with Crippen LogP contribution in [0.3, 0.4) is 0 Å². The Bertz CT molecular complexity index is 1760. The number of pyridine rings is 4. The van der Waals surface area contributed by atoms with E-state index in [-0.39, 0.29) is 6.61 Å². The molecule has 0 spiro atoms. The average molecular weight is 577 g/mol. The second kappa shape index (κ2) is 13.7. The number of hydrogen-bond acceptors (Lipinski definition) is 5. The van der Waals surface area contributed by atoms with Crippen LogP contribution in [0.2, 0.25) is 0 Å². The van der Waals surface area contributed by atoms with Crippen LogP contribution in [0.4, 0.5) is 5.69 Å². The first-order valence-electron chi connectivity index (χ1n) is 14.7. The van der Waals surface area contributed by atoms with Crippen molar-refractivity contribution in [2.75, 3.05) is 25.1 Å². The van der Waals surface area contributed by atoms with Gasteiger partial charge in [-0.2, -0.15) is 0 Å². The lowest BCUT2D eigenvalue weighted by molar-refractivity contribution is -0.688. The summed E-state index contributed by atoms with van der Waals surface area (Å²) in [6.07, 6.45) is 12.0. The lowest BCUT2D eigenvalue weighted by Crippen LogP contribution is -2.33. The summed E-state index contributed by atoms with van der Waals surface area (Å²) in [5.41, 5.74) is 10.1. The minimum Gasteiger partial charge on any atom is -0.395 e. The number of nitrogens with zero attached hydrogens (tertiary/aromatic N) is 5. The van der Waals surface area contributed by atoms with Crippen LogP contribution in [0, 0.1) is 0 Å². The molecule has 216 valence electrons. The maximum atomic E-state index is 9.14. The first-order chi connectivity index (χ1) is 21.6. The normalized spacial score (nSPS) is 11.1. The maximum absolute atomic E-state index is 9.14. The molecule has 0 fully saturated rings. The molecule has 0 aliphatic carbocycles. The second-order valence-electron chi connectivity index (χ2n) is 10.6. The van der Waals surface area contributed by atoms with Crippen LogP contribution >= 0.6 is 0 Å². The van der Waals surface area contributed by atoms with Crippen LogP contribution in [0.15, 0.2) is 134 Å². The van der Waals surface area contributed by atoms with E-state index in [1.54, 1.807) is 12.4 Å². The van der Waals surface area contributed by atoms with Crippen molar-refractivity contribution in [3.05, 3.63) is 151 Å². The Morgan fingerprint density at radius 1 is 0.659 bits per heavy atom. The van der Waals surface area contributed by atoms with Crippen molar-refractivity contribution in [2.45, 2.75) is 6.54 Å². The molecular formula is C38H34N5O+. The van der Waals surface area contributed by atoms with Crippen molar-refractivity contribution in [1.29, 1.82) is 0 Å². The minimum absolute atomic E-state index is 0.144. The average Bonchev–Trinajstić information content (AvgIpc) is 3.09. The van der Waals surface area contributed by atoms with Gasteiger partial charge in [-0.15, -0.1) is 0 Å². The molecule has 0 aliphatic heterocycles. The summed E-state index contributed by atoms with van der Waals surface area (Å²) >= 11 is 0. The van der Waals surface area contributed by atoms with E-state index in [4.69, 9.17) is 10.1 Å². The number of aliphatic hydroxyl groups is 1. The fourth-order valence-electron chi connectivity index (χ4n) is 5.00. The van der Waals surface area contributed by atoms with E-state index < -0.39 is 0 Å². The fraction of sp³-hybridized carbons (Fsp3) is 0.105. The maximum Gasteiger partial charge on any atom is 0.173 e. The van der Waals surface area contributed by atoms with Gasteiger partial charge in [-0.05, 0) is 70.8 Å². The zero-order valence-corrected chi connectivity index (χ0v) is 24.7. The molecule has 6 heteroatoms. The first-order valence-corrected chi connectivity index (χ1v) is 14.7. The Kier molecular flexibility index (Phi) is 8.90. The predicted octanol–water partition coefficient (Wildman–Crippen LogP) is 6.81.